The standard InChI is InChI=1S/C16H13BrN2O/c1-9-11(3-2-4-14(9)18)16(20)13-8-19-15-7-10(17)5-6-12(13)15/h2-8,19H,18H2,1H3. The number of fused-ring (bicyclic) bond motifs is 1. The smallest absolute Gasteiger partial charge is 0.195 e. The molecule has 0 amide bonds. The van der Waals surface area contributed by atoms with Gasteiger partial charge in [-0.05, 0) is 30.7 Å². The van der Waals surface area contributed by atoms with Crippen molar-refractivity contribution in [1.82, 2.24) is 4.98 Å². The number of nitrogens with one attached hydrogen (secondary N) is 1. The molecule has 3 nitrogen and oxygen atoms in total. The number of nitrogen functional groups attached to an aromatic ring is 1. The molecule has 20 heavy (non-hydrogen) atoms. The van der Waals surface area contributed by atoms with Crippen LogP contribution in [0.1, 0.15) is 21.5 Å². The maximum atomic E-state index is 12.7. The largest absolute Gasteiger partial charge is 0.398 e. The van der Waals surface area contributed by atoms with Crippen LogP contribution < -0.4 is 5.73 Å². The maximum Gasteiger partial charge on any atom is 0.195 e. The molecule has 3 aromatic rings. The van der Waals surface area contributed by atoms with Crippen molar-refractivity contribution >= 4 is 38.3 Å². The second kappa shape index (κ2) is 4.80. The lowest BCUT2D eigenvalue weighted by atomic mass is 9.98. The normalized spacial score (nSPS) is 10.9. The summed E-state index contributed by atoms with van der Waals surface area (Å²) in [6, 6.07) is 11.2. The lowest BCUT2D eigenvalue weighted by Gasteiger charge is -2.06. The third-order valence-corrected chi connectivity index (χ3v) is 4.00. The first-order chi connectivity index (χ1) is 9.58. The average Bonchev–Trinajstić information content (AvgIpc) is 2.84. The summed E-state index contributed by atoms with van der Waals surface area (Å²) in [5, 5.41) is 0.917. The first-order valence-corrected chi connectivity index (χ1v) is 7.03. The fourth-order valence-corrected chi connectivity index (χ4v) is 2.69. The number of rotatable bonds is 2. The highest BCUT2D eigenvalue weighted by Crippen LogP contribution is 2.26. The molecular weight excluding hydrogens is 316 g/mol. The Bertz CT molecular complexity index is 820. The minimum Gasteiger partial charge on any atom is -0.398 e. The number of carbonyl (C=O) groups is 1. The molecule has 0 bridgehead atoms. The number of halogens is 1. The Labute approximate surface area is 124 Å². The second-order valence-electron chi connectivity index (χ2n) is 4.74. The fourth-order valence-electron chi connectivity index (χ4n) is 2.33. The van der Waals surface area contributed by atoms with Crippen LogP contribution in [-0.4, -0.2) is 10.8 Å². The summed E-state index contributed by atoms with van der Waals surface area (Å²) < 4.78 is 0.978. The van der Waals surface area contributed by atoms with Crippen LogP contribution in [-0.2, 0) is 0 Å². The van der Waals surface area contributed by atoms with E-state index in [-0.39, 0.29) is 5.78 Å². The van der Waals surface area contributed by atoms with Crippen molar-refractivity contribution in [2.24, 2.45) is 0 Å². The molecule has 0 unspecified atom stereocenters. The maximum absolute atomic E-state index is 12.7. The molecule has 0 radical (unpaired) electrons. The summed E-state index contributed by atoms with van der Waals surface area (Å²) >= 11 is 3.42. The molecular formula is C16H13BrN2O. The van der Waals surface area contributed by atoms with Gasteiger partial charge in [-0.3, -0.25) is 4.79 Å². The predicted molar refractivity (Wildman–Crippen MR) is 85.0 cm³/mol. The van der Waals surface area contributed by atoms with Gasteiger partial charge in [0.2, 0.25) is 0 Å². The lowest BCUT2D eigenvalue weighted by Crippen LogP contribution is -2.05. The molecule has 1 aromatic heterocycles. The topological polar surface area (TPSA) is 58.9 Å². The van der Waals surface area contributed by atoms with Crippen molar-refractivity contribution in [2.75, 3.05) is 5.73 Å². The molecule has 0 aliphatic carbocycles. The highest BCUT2D eigenvalue weighted by Gasteiger charge is 2.16. The van der Waals surface area contributed by atoms with Crippen molar-refractivity contribution in [3.8, 4) is 0 Å². The summed E-state index contributed by atoms with van der Waals surface area (Å²) in [5.41, 5.74) is 9.59. The summed E-state index contributed by atoms with van der Waals surface area (Å²) in [6.07, 6.45) is 1.75. The van der Waals surface area contributed by atoms with Gasteiger partial charge >= 0.3 is 0 Å². The van der Waals surface area contributed by atoms with Crippen LogP contribution in [0.5, 0.6) is 0 Å². The summed E-state index contributed by atoms with van der Waals surface area (Å²) in [5.74, 6) is -0.0108. The van der Waals surface area contributed by atoms with Crippen LogP contribution in [0.15, 0.2) is 47.1 Å². The van der Waals surface area contributed by atoms with Gasteiger partial charge in [0.15, 0.2) is 5.78 Å². The number of hydrogen-bond donors (Lipinski definition) is 2. The Morgan fingerprint density at radius 1 is 1.20 bits per heavy atom. The van der Waals surface area contributed by atoms with Crippen molar-refractivity contribution in [2.45, 2.75) is 6.92 Å². The monoisotopic (exact) mass is 328 g/mol. The van der Waals surface area contributed by atoms with Gasteiger partial charge in [0.25, 0.3) is 0 Å². The summed E-state index contributed by atoms with van der Waals surface area (Å²) in [6.45, 7) is 1.87. The van der Waals surface area contributed by atoms with Crippen LogP contribution in [0.3, 0.4) is 0 Å². The van der Waals surface area contributed by atoms with Gasteiger partial charge in [-0.15, -0.1) is 0 Å². The van der Waals surface area contributed by atoms with Gasteiger partial charge in [-0.2, -0.15) is 0 Å². The van der Waals surface area contributed by atoms with Gasteiger partial charge < -0.3 is 10.7 Å². The zero-order valence-electron chi connectivity index (χ0n) is 10.9. The Morgan fingerprint density at radius 3 is 2.80 bits per heavy atom. The average molecular weight is 329 g/mol. The number of ketones is 1. The molecule has 4 heteroatoms. The van der Waals surface area contributed by atoms with E-state index in [1.165, 1.54) is 0 Å². The quantitative estimate of drug-likeness (QED) is 0.550. The molecule has 0 aliphatic heterocycles. The van der Waals surface area contributed by atoms with E-state index in [2.05, 4.69) is 20.9 Å². The molecule has 0 saturated heterocycles. The van der Waals surface area contributed by atoms with Crippen molar-refractivity contribution in [1.29, 1.82) is 0 Å². The summed E-state index contributed by atoms with van der Waals surface area (Å²) in [4.78, 5) is 15.8. The first kappa shape index (κ1) is 12.9. The number of hydrogen-bond acceptors (Lipinski definition) is 2. The predicted octanol–water partition coefficient (Wildman–Crippen LogP) is 4.05. The highest BCUT2D eigenvalue weighted by molar-refractivity contribution is 9.10. The Morgan fingerprint density at radius 2 is 2.00 bits per heavy atom. The third-order valence-electron chi connectivity index (χ3n) is 3.51. The number of H-pyrrole nitrogens is 1. The zero-order valence-corrected chi connectivity index (χ0v) is 12.5. The number of anilines is 1. The molecule has 1 heterocycles. The van der Waals surface area contributed by atoms with Crippen LogP contribution in [0.2, 0.25) is 0 Å². The first-order valence-electron chi connectivity index (χ1n) is 6.24. The highest BCUT2D eigenvalue weighted by atomic mass is 79.9. The minimum atomic E-state index is -0.0108. The molecule has 3 rings (SSSR count). The lowest BCUT2D eigenvalue weighted by molar-refractivity contribution is 0.104. The SMILES string of the molecule is Cc1c(N)cccc1C(=O)c1c[nH]c2cc(Br)ccc12. The Kier molecular flexibility index (Phi) is 3.10. The van der Waals surface area contributed by atoms with E-state index in [1.54, 1.807) is 18.3 Å². The van der Waals surface area contributed by atoms with Crippen molar-refractivity contribution in [3.05, 3.63) is 63.8 Å². The molecule has 100 valence electrons. The van der Waals surface area contributed by atoms with E-state index in [9.17, 15) is 4.79 Å². The van der Waals surface area contributed by atoms with Gasteiger partial charge in [0, 0.05) is 38.4 Å². The third kappa shape index (κ3) is 2.02. The molecule has 0 saturated carbocycles. The minimum absolute atomic E-state index is 0.0108. The van der Waals surface area contributed by atoms with Crippen LogP contribution in [0.25, 0.3) is 10.9 Å². The van der Waals surface area contributed by atoms with Crippen LogP contribution in [0, 0.1) is 6.92 Å². The van der Waals surface area contributed by atoms with E-state index in [1.807, 2.05) is 31.2 Å². The molecule has 0 aliphatic rings. The number of aromatic nitrogens is 1. The van der Waals surface area contributed by atoms with Crippen LogP contribution >= 0.6 is 15.9 Å². The van der Waals surface area contributed by atoms with Gasteiger partial charge in [-0.25, -0.2) is 0 Å². The van der Waals surface area contributed by atoms with Gasteiger partial charge in [0.1, 0.15) is 0 Å². The summed E-state index contributed by atoms with van der Waals surface area (Å²) in [7, 11) is 0. The number of nitrogens with two attached hydrogens (primary N) is 1. The number of carbonyl (C=O) groups excluding carboxylic acids is 1. The second-order valence-corrected chi connectivity index (χ2v) is 5.66. The zero-order chi connectivity index (χ0) is 14.3. The van der Waals surface area contributed by atoms with Gasteiger partial charge in [0.05, 0.1) is 0 Å². The van der Waals surface area contributed by atoms with E-state index in [4.69, 9.17) is 5.73 Å². The fraction of sp³-hybridized carbons (Fsp3) is 0.0625. The van der Waals surface area contributed by atoms with Crippen molar-refractivity contribution < 1.29 is 4.79 Å². The Balaban J connectivity index is 2.16. The van der Waals surface area contributed by atoms with Gasteiger partial charge in [-0.1, -0.05) is 34.1 Å². The Hall–Kier alpha value is -2.07. The van der Waals surface area contributed by atoms with Crippen molar-refractivity contribution in [3.63, 3.8) is 0 Å². The molecule has 2 aromatic carbocycles. The molecule has 0 fully saturated rings. The van der Waals surface area contributed by atoms with Crippen LogP contribution in [0.4, 0.5) is 5.69 Å². The number of aromatic amines is 1. The molecule has 0 spiro atoms. The van der Waals surface area contributed by atoms with E-state index >= 15 is 0 Å². The number of benzene rings is 2. The molecule has 0 atom stereocenters. The van der Waals surface area contributed by atoms with E-state index in [0.29, 0.717) is 16.8 Å². The van der Waals surface area contributed by atoms with E-state index in [0.717, 1.165) is 20.9 Å². The molecule has 3 N–H and O–H groups in total. The van der Waals surface area contributed by atoms with E-state index < -0.39 is 0 Å².